The Labute approximate surface area is 198 Å². The van der Waals surface area contributed by atoms with Gasteiger partial charge in [0.1, 0.15) is 17.2 Å². The van der Waals surface area contributed by atoms with Gasteiger partial charge in [0.15, 0.2) is 11.0 Å². The van der Waals surface area contributed by atoms with Crippen LogP contribution in [0, 0.1) is 0 Å². The van der Waals surface area contributed by atoms with Gasteiger partial charge in [0.25, 0.3) is 5.91 Å². The molecule has 1 aliphatic heterocycles. The summed E-state index contributed by atoms with van der Waals surface area (Å²) >= 11 is 0. The van der Waals surface area contributed by atoms with Crippen molar-refractivity contribution in [3.8, 4) is 17.2 Å². The first kappa shape index (κ1) is 20.6. The number of carbonyl (C=O) groups excluding carboxylic acids is 1. The van der Waals surface area contributed by atoms with Crippen LogP contribution in [0.5, 0.6) is 17.2 Å². The average molecular weight is 469 g/mol. The predicted octanol–water partition coefficient (Wildman–Crippen LogP) is 4.95. The molecule has 2 aliphatic rings. The van der Waals surface area contributed by atoms with E-state index in [1.165, 1.54) is 11.6 Å². The predicted molar refractivity (Wildman–Crippen MR) is 131 cm³/mol. The largest absolute Gasteiger partial charge is 0.507 e. The van der Waals surface area contributed by atoms with Gasteiger partial charge in [-0.15, -0.1) is 0 Å². The number of fused-ring (bicyclic) bond motifs is 2. The Bertz CT molecular complexity index is 1530. The molecule has 0 bridgehead atoms. The summed E-state index contributed by atoms with van der Waals surface area (Å²) in [6.45, 7) is 0. The highest BCUT2D eigenvalue weighted by Gasteiger charge is 2.29. The number of para-hydroxylation sites is 1. The fourth-order valence-corrected chi connectivity index (χ4v) is 5.73. The molecule has 2 N–H and O–H groups in total. The number of benzene rings is 3. The van der Waals surface area contributed by atoms with Gasteiger partial charge in [-0.3, -0.25) is 14.5 Å². The van der Waals surface area contributed by atoms with Crippen LogP contribution in [-0.4, -0.2) is 20.2 Å². The van der Waals surface area contributed by atoms with Crippen LogP contribution in [0.2, 0.25) is 0 Å². The molecule has 6 rings (SSSR count). The summed E-state index contributed by atoms with van der Waals surface area (Å²) in [4.78, 5) is 16.3. The molecule has 0 saturated heterocycles. The van der Waals surface area contributed by atoms with Gasteiger partial charge in [0.05, 0.1) is 16.6 Å². The number of aromatic hydroxyl groups is 1. The van der Waals surface area contributed by atoms with E-state index in [4.69, 9.17) is 4.74 Å². The summed E-state index contributed by atoms with van der Waals surface area (Å²) in [5.41, 5.74) is 4.61. The van der Waals surface area contributed by atoms with Crippen molar-refractivity contribution in [3.63, 3.8) is 0 Å². The molecule has 6 nitrogen and oxygen atoms in total. The number of carbonyl (C=O) groups is 1. The lowest BCUT2D eigenvalue weighted by molar-refractivity contribution is -0.114. The summed E-state index contributed by atoms with van der Waals surface area (Å²) in [6.07, 6.45) is 4.75. The lowest BCUT2D eigenvalue weighted by atomic mass is 9.92. The minimum atomic E-state index is -1.65. The summed E-state index contributed by atoms with van der Waals surface area (Å²) < 4.78 is 20.7. The molecule has 168 valence electrons. The minimum absolute atomic E-state index is 0.0108. The van der Waals surface area contributed by atoms with Crippen LogP contribution in [0.4, 0.5) is 0 Å². The van der Waals surface area contributed by atoms with E-state index in [1.54, 1.807) is 18.3 Å². The average Bonchev–Trinajstić information content (AvgIpc) is 3.42. The maximum Gasteiger partial charge on any atom is 0.257 e. The van der Waals surface area contributed by atoms with Crippen LogP contribution in [0.1, 0.15) is 34.6 Å². The molecule has 1 aliphatic carbocycles. The second kappa shape index (κ2) is 8.11. The van der Waals surface area contributed by atoms with Crippen molar-refractivity contribution in [2.75, 3.05) is 0 Å². The van der Waals surface area contributed by atoms with Gasteiger partial charge < -0.3 is 9.84 Å². The van der Waals surface area contributed by atoms with Crippen LogP contribution in [0.25, 0.3) is 15.8 Å². The number of phenols is 1. The molecule has 0 radical (unpaired) electrons. The number of nitrogens with zero attached hydrogens (tertiary/aromatic N) is 1. The summed E-state index contributed by atoms with van der Waals surface area (Å²) in [5.74, 6) is 1.20. The number of ether oxygens (including phenoxy) is 1. The van der Waals surface area contributed by atoms with Crippen LogP contribution >= 0.6 is 0 Å². The van der Waals surface area contributed by atoms with E-state index >= 15 is 0 Å². The van der Waals surface area contributed by atoms with Gasteiger partial charge in [-0.1, -0.05) is 36.4 Å². The third kappa shape index (κ3) is 3.54. The molecule has 3 aromatic carbocycles. The van der Waals surface area contributed by atoms with Crippen molar-refractivity contribution in [1.82, 2.24) is 9.71 Å². The van der Waals surface area contributed by atoms with Crippen molar-refractivity contribution in [2.24, 2.45) is 0 Å². The van der Waals surface area contributed by atoms with Crippen molar-refractivity contribution < 1.29 is 18.8 Å². The summed E-state index contributed by atoms with van der Waals surface area (Å²) in [7, 11) is -1.65. The molecule has 0 spiro atoms. The van der Waals surface area contributed by atoms with E-state index in [0.29, 0.717) is 16.2 Å². The van der Waals surface area contributed by atoms with Gasteiger partial charge >= 0.3 is 0 Å². The third-order valence-electron chi connectivity index (χ3n) is 6.37. The molecule has 0 saturated carbocycles. The van der Waals surface area contributed by atoms with Gasteiger partial charge in [0, 0.05) is 22.9 Å². The second-order valence-electron chi connectivity index (χ2n) is 8.40. The smallest absolute Gasteiger partial charge is 0.257 e. The lowest BCUT2D eigenvalue weighted by Crippen LogP contribution is -2.16. The first-order valence-electron chi connectivity index (χ1n) is 11.0. The first-order valence-corrected chi connectivity index (χ1v) is 12.1. The van der Waals surface area contributed by atoms with Crippen molar-refractivity contribution in [2.45, 2.75) is 18.8 Å². The Morgan fingerprint density at radius 2 is 1.94 bits per heavy atom. The van der Waals surface area contributed by atoms with E-state index in [-0.39, 0.29) is 11.7 Å². The molecule has 2 atom stereocenters. The van der Waals surface area contributed by atoms with E-state index in [1.807, 2.05) is 48.5 Å². The zero-order valence-corrected chi connectivity index (χ0v) is 18.8. The van der Waals surface area contributed by atoms with Crippen LogP contribution in [0.3, 0.4) is 0 Å². The number of amides is 1. The quantitative estimate of drug-likeness (QED) is 0.443. The van der Waals surface area contributed by atoms with E-state index in [0.717, 1.165) is 40.6 Å². The monoisotopic (exact) mass is 468 g/mol. The zero-order chi connectivity index (χ0) is 23.2. The molecular formula is C27H20N2O4S. The highest BCUT2D eigenvalue weighted by atomic mass is 32.2. The number of phenolic OH excluding ortho intramolecular Hbond substituents is 1. The van der Waals surface area contributed by atoms with E-state index < -0.39 is 16.9 Å². The second-order valence-corrected chi connectivity index (χ2v) is 9.58. The molecule has 34 heavy (non-hydrogen) atoms. The lowest BCUT2D eigenvalue weighted by Gasteiger charge is -2.15. The van der Waals surface area contributed by atoms with Crippen LogP contribution in [0.15, 0.2) is 79.0 Å². The van der Waals surface area contributed by atoms with Crippen molar-refractivity contribution in [1.29, 1.82) is 0 Å². The number of pyridine rings is 1. The normalized spacial score (nSPS) is 19.1. The number of aromatic nitrogens is 1. The molecule has 1 unspecified atom stereocenters. The third-order valence-corrected chi connectivity index (χ3v) is 7.49. The molecule has 7 heteroatoms. The Morgan fingerprint density at radius 3 is 2.76 bits per heavy atom. The maximum absolute atomic E-state index is 12.1. The highest BCUT2D eigenvalue weighted by Crippen LogP contribution is 2.44. The molecular weight excluding hydrogens is 448 g/mol. The molecule has 0 fully saturated rings. The van der Waals surface area contributed by atoms with Crippen LogP contribution in [-0.2, 0) is 22.2 Å². The topological polar surface area (TPSA) is 88.5 Å². The number of nitrogens with one attached hydrogen (secondary N) is 1. The van der Waals surface area contributed by atoms with Crippen LogP contribution < -0.4 is 9.46 Å². The van der Waals surface area contributed by atoms with Gasteiger partial charge in [-0.2, -0.15) is 0 Å². The summed E-state index contributed by atoms with van der Waals surface area (Å²) in [6, 6.07) is 21.3. The van der Waals surface area contributed by atoms with Crippen molar-refractivity contribution >= 4 is 32.7 Å². The van der Waals surface area contributed by atoms with Gasteiger partial charge in [0.2, 0.25) is 0 Å². The molecule has 1 aromatic heterocycles. The van der Waals surface area contributed by atoms with Gasteiger partial charge in [-0.05, 0) is 59.9 Å². The Morgan fingerprint density at radius 1 is 1.06 bits per heavy atom. The van der Waals surface area contributed by atoms with E-state index in [2.05, 4.69) is 15.8 Å². The Kier molecular flexibility index (Phi) is 4.92. The number of rotatable bonds is 4. The fraction of sp³-hybridized carbons (Fsp3) is 0.111. The molecule has 4 aromatic rings. The SMILES string of the molecule is O=C1C=C(c2ccc([C@H]3CCc4c(Oc5cnc6ccccc6c5)cccc43)cc2O)S(=O)N1. The highest BCUT2D eigenvalue weighted by molar-refractivity contribution is 7.94. The van der Waals surface area contributed by atoms with E-state index in [9.17, 15) is 14.1 Å². The standard InChI is InChI=1S/C27H20N2O4S/c30-24-13-16(8-9-22(24)26-14-27(31)29-34(26)32)19-10-11-21-20(19)5-3-7-25(21)33-18-12-17-4-1-2-6-23(17)28-15-18/h1-9,12-15,19,30H,10-11H2,(H,29,31)/t19-,34?/m1/s1. The maximum atomic E-state index is 12.1. The van der Waals surface area contributed by atoms with Gasteiger partial charge in [-0.25, -0.2) is 4.21 Å². The summed E-state index contributed by atoms with van der Waals surface area (Å²) in [5, 5.41) is 11.7. The fourth-order valence-electron chi connectivity index (χ4n) is 4.80. The van der Waals surface area contributed by atoms with Crippen molar-refractivity contribution in [3.05, 3.63) is 101 Å². The number of hydrogen-bond acceptors (Lipinski definition) is 5. The molecule has 1 amide bonds. The Balaban J connectivity index is 1.30. The first-order chi connectivity index (χ1) is 16.6. The Hall–Kier alpha value is -3.97. The molecule has 2 heterocycles. The minimum Gasteiger partial charge on any atom is -0.507 e. The zero-order valence-electron chi connectivity index (χ0n) is 18.0. The number of hydrogen-bond donors (Lipinski definition) is 2.